The molecular weight excluding hydrogens is 194 g/mol. The number of nitrogens with zero attached hydrogens (tertiary/aromatic N) is 2. The van der Waals surface area contributed by atoms with Crippen LogP contribution in [0.4, 0.5) is 0 Å². The first-order valence-corrected chi connectivity index (χ1v) is 6.08. The van der Waals surface area contributed by atoms with E-state index in [4.69, 9.17) is 0 Å². The van der Waals surface area contributed by atoms with Crippen LogP contribution >= 0.6 is 11.3 Å². The van der Waals surface area contributed by atoms with Gasteiger partial charge in [0.1, 0.15) is 0 Å². The van der Waals surface area contributed by atoms with Gasteiger partial charge in [-0.1, -0.05) is 0 Å². The van der Waals surface area contributed by atoms with Crippen molar-refractivity contribution < 1.29 is 0 Å². The molecule has 14 heavy (non-hydrogen) atoms. The molecule has 0 amide bonds. The summed E-state index contributed by atoms with van der Waals surface area (Å²) < 4.78 is 0. The van der Waals surface area contributed by atoms with Gasteiger partial charge in [0.2, 0.25) is 0 Å². The summed E-state index contributed by atoms with van der Waals surface area (Å²) in [6.07, 6.45) is 2.68. The minimum Gasteiger partial charge on any atom is -0.310 e. The Hall–Kier alpha value is -0.450. The van der Waals surface area contributed by atoms with Crippen molar-refractivity contribution in [2.45, 2.75) is 25.4 Å². The number of likely N-dealkylation sites (tertiary alicyclic amines) is 1. The van der Waals surface area contributed by atoms with Gasteiger partial charge in [0, 0.05) is 24.5 Å². The molecule has 0 radical (unpaired) electrons. The predicted octanol–water partition coefficient (Wildman–Crippen LogP) is 1.33. The molecule has 0 aliphatic carbocycles. The van der Waals surface area contributed by atoms with Crippen LogP contribution in [0.1, 0.15) is 18.5 Å². The van der Waals surface area contributed by atoms with Crippen LogP contribution in [0.15, 0.2) is 10.9 Å². The fraction of sp³-hybridized carbons (Fsp3) is 0.700. The number of hydrogen-bond acceptors (Lipinski definition) is 4. The first-order valence-electron chi connectivity index (χ1n) is 5.14. The minimum absolute atomic E-state index is 0.730. The van der Waals surface area contributed by atoms with Gasteiger partial charge in [-0.15, -0.1) is 11.3 Å². The molecule has 1 aromatic rings. The number of thiazole rings is 1. The second-order valence-corrected chi connectivity index (χ2v) is 4.61. The van der Waals surface area contributed by atoms with Crippen LogP contribution in [0.2, 0.25) is 0 Å². The van der Waals surface area contributed by atoms with Crippen molar-refractivity contribution in [2.24, 2.45) is 0 Å². The van der Waals surface area contributed by atoms with Crippen LogP contribution in [-0.4, -0.2) is 36.1 Å². The summed E-state index contributed by atoms with van der Waals surface area (Å²) in [6.45, 7) is 3.25. The molecule has 0 bridgehead atoms. The van der Waals surface area contributed by atoms with E-state index in [1.54, 1.807) is 11.3 Å². The lowest BCUT2D eigenvalue weighted by molar-refractivity contribution is 0.300. The van der Waals surface area contributed by atoms with Crippen LogP contribution in [0.25, 0.3) is 0 Å². The maximum atomic E-state index is 4.24. The van der Waals surface area contributed by atoms with Crippen molar-refractivity contribution in [3.8, 4) is 0 Å². The molecule has 1 saturated heterocycles. The molecule has 2 rings (SSSR count). The average Bonchev–Trinajstić information content (AvgIpc) is 2.78. The predicted molar refractivity (Wildman–Crippen MR) is 59.5 cm³/mol. The van der Waals surface area contributed by atoms with Crippen LogP contribution < -0.4 is 5.32 Å². The summed E-state index contributed by atoms with van der Waals surface area (Å²) in [5.74, 6) is 0. The van der Waals surface area contributed by atoms with Crippen molar-refractivity contribution in [2.75, 3.05) is 20.1 Å². The topological polar surface area (TPSA) is 28.2 Å². The largest absolute Gasteiger partial charge is 0.310 e. The van der Waals surface area contributed by atoms with Gasteiger partial charge in [0.05, 0.1) is 11.2 Å². The van der Waals surface area contributed by atoms with E-state index in [0.717, 1.165) is 24.8 Å². The van der Waals surface area contributed by atoms with Gasteiger partial charge in [-0.05, 0) is 26.4 Å². The molecule has 1 aliphatic heterocycles. The van der Waals surface area contributed by atoms with Crippen molar-refractivity contribution >= 4 is 11.3 Å². The molecule has 1 fully saturated rings. The molecular formula is C10H17N3S. The highest BCUT2D eigenvalue weighted by atomic mass is 32.1. The Morgan fingerprint density at radius 3 is 3.29 bits per heavy atom. The number of likely N-dealkylation sites (N-methyl/N-ethyl adjacent to an activating group) is 1. The summed E-state index contributed by atoms with van der Waals surface area (Å²) in [7, 11) is 2.21. The van der Waals surface area contributed by atoms with E-state index in [9.17, 15) is 0 Å². The SMILES string of the molecule is CN1CCCC1CNCc1cscn1. The molecule has 4 heteroatoms. The van der Waals surface area contributed by atoms with E-state index >= 15 is 0 Å². The van der Waals surface area contributed by atoms with Crippen molar-refractivity contribution in [3.63, 3.8) is 0 Å². The Balaban J connectivity index is 1.68. The molecule has 2 heterocycles. The highest BCUT2D eigenvalue weighted by Crippen LogP contribution is 2.13. The smallest absolute Gasteiger partial charge is 0.0795 e. The Morgan fingerprint density at radius 2 is 2.64 bits per heavy atom. The van der Waals surface area contributed by atoms with E-state index in [1.807, 2.05) is 5.51 Å². The molecule has 3 nitrogen and oxygen atoms in total. The average molecular weight is 211 g/mol. The molecule has 0 saturated carbocycles. The summed E-state index contributed by atoms with van der Waals surface area (Å²) in [5, 5.41) is 5.57. The Bertz CT molecular complexity index is 260. The summed E-state index contributed by atoms with van der Waals surface area (Å²) in [5.41, 5.74) is 3.05. The third-order valence-electron chi connectivity index (χ3n) is 2.84. The van der Waals surface area contributed by atoms with E-state index in [0.29, 0.717) is 0 Å². The lowest BCUT2D eigenvalue weighted by atomic mass is 10.2. The summed E-state index contributed by atoms with van der Waals surface area (Å²) >= 11 is 1.66. The maximum absolute atomic E-state index is 4.24. The highest BCUT2D eigenvalue weighted by Gasteiger charge is 2.19. The highest BCUT2D eigenvalue weighted by molar-refractivity contribution is 7.07. The van der Waals surface area contributed by atoms with E-state index in [-0.39, 0.29) is 0 Å². The molecule has 78 valence electrons. The summed E-state index contributed by atoms with van der Waals surface area (Å²) in [6, 6.07) is 0.730. The fourth-order valence-electron chi connectivity index (χ4n) is 1.93. The Kier molecular flexibility index (Phi) is 3.50. The second-order valence-electron chi connectivity index (χ2n) is 3.89. The van der Waals surface area contributed by atoms with Gasteiger partial charge in [0.25, 0.3) is 0 Å². The third kappa shape index (κ3) is 2.53. The standard InChI is InChI=1S/C10H17N3S/c1-13-4-2-3-10(13)6-11-5-9-7-14-8-12-9/h7-8,10-11H,2-6H2,1H3. The van der Waals surface area contributed by atoms with Gasteiger partial charge < -0.3 is 10.2 Å². The maximum Gasteiger partial charge on any atom is 0.0795 e. The zero-order chi connectivity index (χ0) is 9.80. The lowest BCUT2D eigenvalue weighted by Gasteiger charge is -2.19. The van der Waals surface area contributed by atoms with E-state index in [2.05, 4.69) is 27.6 Å². The van der Waals surface area contributed by atoms with Crippen molar-refractivity contribution in [1.29, 1.82) is 0 Å². The third-order valence-corrected chi connectivity index (χ3v) is 3.48. The van der Waals surface area contributed by atoms with Crippen LogP contribution in [0.3, 0.4) is 0 Å². The van der Waals surface area contributed by atoms with Crippen LogP contribution in [0.5, 0.6) is 0 Å². The van der Waals surface area contributed by atoms with E-state index in [1.165, 1.54) is 19.4 Å². The molecule has 0 spiro atoms. The molecule has 1 unspecified atom stereocenters. The normalized spacial score (nSPS) is 23.1. The van der Waals surface area contributed by atoms with E-state index < -0.39 is 0 Å². The fourth-order valence-corrected chi connectivity index (χ4v) is 2.49. The monoisotopic (exact) mass is 211 g/mol. The van der Waals surface area contributed by atoms with Gasteiger partial charge in [-0.2, -0.15) is 0 Å². The Labute approximate surface area is 89.1 Å². The molecule has 1 aliphatic rings. The zero-order valence-corrected chi connectivity index (χ0v) is 9.39. The zero-order valence-electron chi connectivity index (χ0n) is 8.57. The van der Waals surface area contributed by atoms with Crippen molar-refractivity contribution in [1.82, 2.24) is 15.2 Å². The number of aromatic nitrogens is 1. The quantitative estimate of drug-likeness (QED) is 0.814. The van der Waals surface area contributed by atoms with Gasteiger partial charge in [-0.25, -0.2) is 4.98 Å². The number of hydrogen-bond donors (Lipinski definition) is 1. The number of rotatable bonds is 4. The van der Waals surface area contributed by atoms with Crippen LogP contribution in [0, 0.1) is 0 Å². The lowest BCUT2D eigenvalue weighted by Crippen LogP contribution is -2.35. The first-order chi connectivity index (χ1) is 6.86. The van der Waals surface area contributed by atoms with Crippen molar-refractivity contribution in [3.05, 3.63) is 16.6 Å². The molecule has 0 aromatic carbocycles. The van der Waals surface area contributed by atoms with Gasteiger partial charge in [0.15, 0.2) is 0 Å². The van der Waals surface area contributed by atoms with Gasteiger partial charge in [-0.3, -0.25) is 0 Å². The Morgan fingerprint density at radius 1 is 1.71 bits per heavy atom. The van der Waals surface area contributed by atoms with Gasteiger partial charge >= 0.3 is 0 Å². The minimum atomic E-state index is 0.730. The number of nitrogens with one attached hydrogen (secondary N) is 1. The molecule has 1 atom stereocenters. The molecule has 1 aromatic heterocycles. The second kappa shape index (κ2) is 4.87. The first kappa shape index (κ1) is 10.1. The molecule has 1 N–H and O–H groups in total. The van der Waals surface area contributed by atoms with Crippen LogP contribution in [-0.2, 0) is 6.54 Å². The summed E-state index contributed by atoms with van der Waals surface area (Å²) in [4.78, 5) is 6.68.